The van der Waals surface area contributed by atoms with Crippen molar-refractivity contribution >= 4 is 34.5 Å². The Hall–Kier alpha value is -2.46. The lowest BCUT2D eigenvalue weighted by molar-refractivity contribution is -0.142. The smallest absolute Gasteiger partial charge is 0.309 e. The van der Waals surface area contributed by atoms with E-state index in [4.69, 9.17) is 4.74 Å². The molecule has 2 amide bonds. The Balaban J connectivity index is 1.43. The third-order valence-corrected chi connectivity index (χ3v) is 8.98. The fraction of sp³-hybridized carbons (Fsp3) is 0.643. The SMILES string of the molecule is CC[C@@H]1CSC(=NNC(=O)C(=O)[C@H](NC(=O)C2CCCCCC2)C2CCOCC2)N1Cc1ccc(F)cc1. The van der Waals surface area contributed by atoms with Crippen LogP contribution in [0.15, 0.2) is 29.4 Å². The van der Waals surface area contributed by atoms with Crippen LogP contribution in [-0.2, 0) is 25.7 Å². The van der Waals surface area contributed by atoms with Crippen LogP contribution in [0.25, 0.3) is 0 Å². The monoisotopic (exact) mass is 546 g/mol. The zero-order valence-electron chi connectivity index (χ0n) is 22.1. The number of carbonyl (C=O) groups excluding carboxylic acids is 3. The predicted octanol–water partition coefficient (Wildman–Crippen LogP) is 3.99. The molecule has 0 unspecified atom stereocenters. The highest BCUT2D eigenvalue weighted by atomic mass is 32.2. The normalized spacial score (nSPS) is 23.2. The number of halogens is 1. The molecule has 1 saturated carbocycles. The molecule has 2 saturated heterocycles. The number of benzene rings is 1. The van der Waals surface area contributed by atoms with Crippen molar-refractivity contribution in [2.45, 2.75) is 83.3 Å². The summed E-state index contributed by atoms with van der Waals surface area (Å²) in [6, 6.07) is 5.66. The number of amidine groups is 1. The van der Waals surface area contributed by atoms with Gasteiger partial charge in [-0.15, -0.1) is 5.10 Å². The van der Waals surface area contributed by atoms with E-state index < -0.39 is 17.7 Å². The quantitative estimate of drug-likeness (QED) is 0.276. The highest BCUT2D eigenvalue weighted by molar-refractivity contribution is 8.14. The van der Waals surface area contributed by atoms with Gasteiger partial charge >= 0.3 is 5.91 Å². The van der Waals surface area contributed by atoms with Crippen molar-refractivity contribution in [1.29, 1.82) is 0 Å². The molecule has 38 heavy (non-hydrogen) atoms. The van der Waals surface area contributed by atoms with E-state index in [-0.39, 0.29) is 29.6 Å². The number of Topliss-reactive ketones (excluding diaryl/α,β-unsaturated/α-hetero) is 1. The summed E-state index contributed by atoms with van der Waals surface area (Å²) in [7, 11) is 0. The molecule has 0 bridgehead atoms. The van der Waals surface area contributed by atoms with Crippen LogP contribution in [0, 0.1) is 17.7 Å². The second-order valence-corrected chi connectivity index (χ2v) is 11.4. The van der Waals surface area contributed by atoms with E-state index in [1.165, 1.54) is 23.9 Å². The zero-order valence-corrected chi connectivity index (χ0v) is 22.9. The molecule has 1 aromatic rings. The number of hydrogen-bond acceptors (Lipinski definition) is 6. The Labute approximate surface area is 228 Å². The maximum Gasteiger partial charge on any atom is 0.309 e. The number of nitrogens with one attached hydrogen (secondary N) is 2. The topological polar surface area (TPSA) is 100 Å². The van der Waals surface area contributed by atoms with Gasteiger partial charge < -0.3 is 15.0 Å². The van der Waals surface area contributed by atoms with Crippen molar-refractivity contribution in [3.63, 3.8) is 0 Å². The van der Waals surface area contributed by atoms with Crippen LogP contribution in [0.5, 0.6) is 0 Å². The summed E-state index contributed by atoms with van der Waals surface area (Å²) in [5.74, 6) is -1.36. The average molecular weight is 547 g/mol. The number of thioether (sulfide) groups is 1. The minimum Gasteiger partial charge on any atom is -0.381 e. The third-order valence-electron chi connectivity index (χ3n) is 7.85. The number of ketones is 1. The lowest BCUT2D eigenvalue weighted by atomic mass is 9.87. The number of carbonyl (C=O) groups is 3. The largest absolute Gasteiger partial charge is 0.381 e. The minimum absolute atomic E-state index is 0.114. The Kier molecular flexibility index (Phi) is 10.6. The van der Waals surface area contributed by atoms with Crippen LogP contribution in [0.4, 0.5) is 4.39 Å². The lowest BCUT2D eigenvalue weighted by Gasteiger charge is -2.30. The summed E-state index contributed by atoms with van der Waals surface area (Å²) < 4.78 is 18.8. The van der Waals surface area contributed by atoms with E-state index in [2.05, 4.69) is 27.7 Å². The number of nitrogens with zero attached hydrogens (tertiary/aromatic N) is 2. The highest BCUT2D eigenvalue weighted by Crippen LogP contribution is 2.28. The Bertz CT molecular complexity index is 991. The minimum atomic E-state index is -0.884. The zero-order chi connectivity index (χ0) is 26.9. The summed E-state index contributed by atoms with van der Waals surface area (Å²) in [5.41, 5.74) is 3.40. The van der Waals surface area contributed by atoms with Gasteiger partial charge in [0.1, 0.15) is 11.9 Å². The molecule has 8 nitrogen and oxygen atoms in total. The summed E-state index contributed by atoms with van der Waals surface area (Å²) in [4.78, 5) is 41.6. The molecule has 2 aliphatic heterocycles. The van der Waals surface area contributed by atoms with Gasteiger partial charge in [-0.05, 0) is 55.7 Å². The first-order valence-corrected chi connectivity index (χ1v) is 14.9. The van der Waals surface area contributed by atoms with Gasteiger partial charge in [0, 0.05) is 37.5 Å². The number of hydrogen-bond donors (Lipinski definition) is 2. The first-order valence-electron chi connectivity index (χ1n) is 13.9. The van der Waals surface area contributed by atoms with Gasteiger partial charge in [0.2, 0.25) is 11.7 Å². The van der Waals surface area contributed by atoms with Crippen molar-refractivity contribution in [2.24, 2.45) is 16.9 Å². The average Bonchev–Trinajstić information content (AvgIpc) is 3.12. The fourth-order valence-electron chi connectivity index (χ4n) is 5.47. The molecule has 0 spiro atoms. The van der Waals surface area contributed by atoms with Crippen molar-refractivity contribution < 1.29 is 23.5 Å². The van der Waals surface area contributed by atoms with Gasteiger partial charge in [0.25, 0.3) is 0 Å². The van der Waals surface area contributed by atoms with Crippen molar-refractivity contribution in [2.75, 3.05) is 19.0 Å². The summed E-state index contributed by atoms with van der Waals surface area (Å²) in [5, 5.41) is 7.89. The van der Waals surface area contributed by atoms with Crippen LogP contribution < -0.4 is 10.7 Å². The molecule has 1 aliphatic carbocycles. The van der Waals surface area contributed by atoms with E-state index in [1.54, 1.807) is 12.1 Å². The molecule has 3 aliphatic rings. The molecule has 2 atom stereocenters. The van der Waals surface area contributed by atoms with E-state index in [0.717, 1.165) is 56.3 Å². The van der Waals surface area contributed by atoms with Gasteiger partial charge in [0.15, 0.2) is 5.17 Å². The number of ether oxygens (including phenoxy) is 1. The molecular weight excluding hydrogens is 507 g/mol. The molecular formula is C28H39FN4O4S. The first-order chi connectivity index (χ1) is 18.5. The molecule has 3 fully saturated rings. The lowest BCUT2D eigenvalue weighted by Crippen LogP contribution is -2.53. The van der Waals surface area contributed by atoms with Crippen LogP contribution in [-0.4, -0.2) is 58.7 Å². The van der Waals surface area contributed by atoms with Crippen molar-refractivity contribution in [3.8, 4) is 0 Å². The summed E-state index contributed by atoms with van der Waals surface area (Å²) in [6.07, 6.45) is 8.03. The first kappa shape index (κ1) is 28.5. The van der Waals surface area contributed by atoms with E-state index >= 15 is 0 Å². The molecule has 208 valence electrons. The fourth-order valence-corrected chi connectivity index (χ4v) is 6.72. The molecule has 4 rings (SSSR count). The number of amides is 2. The molecule has 0 aromatic heterocycles. The summed E-state index contributed by atoms with van der Waals surface area (Å²) in [6.45, 7) is 3.62. The van der Waals surface area contributed by atoms with Gasteiger partial charge in [-0.3, -0.25) is 14.4 Å². The van der Waals surface area contributed by atoms with Gasteiger partial charge in [-0.2, -0.15) is 0 Å². The van der Waals surface area contributed by atoms with E-state index in [9.17, 15) is 18.8 Å². The van der Waals surface area contributed by atoms with Crippen LogP contribution in [0.1, 0.15) is 70.3 Å². The number of hydrazone groups is 1. The van der Waals surface area contributed by atoms with Crippen molar-refractivity contribution in [3.05, 3.63) is 35.6 Å². The Morgan fingerprint density at radius 1 is 1.08 bits per heavy atom. The van der Waals surface area contributed by atoms with Crippen molar-refractivity contribution in [1.82, 2.24) is 15.6 Å². The van der Waals surface area contributed by atoms with Gasteiger partial charge in [-0.25, -0.2) is 9.82 Å². The maximum absolute atomic E-state index is 13.4. The molecule has 10 heteroatoms. The Morgan fingerprint density at radius 3 is 2.42 bits per heavy atom. The molecule has 1 aromatic carbocycles. The standard InChI is InChI=1S/C28H39FN4O4S/c1-2-23-18-38-28(33(23)17-19-9-11-22(29)12-10-19)32-31-27(36)25(34)24(20-13-15-37-16-14-20)30-26(35)21-7-5-3-4-6-8-21/h9-12,20-21,23-24H,2-8,13-18H2,1H3,(H,30,35)(H,31,36)/t23-,24-/m1/s1. The maximum atomic E-state index is 13.4. The van der Waals surface area contributed by atoms with Gasteiger partial charge in [0.05, 0.1) is 0 Å². The second-order valence-electron chi connectivity index (χ2n) is 10.5. The number of rotatable bonds is 9. The van der Waals surface area contributed by atoms with Gasteiger partial charge in [-0.1, -0.05) is 56.5 Å². The second kappa shape index (κ2) is 14.1. The Morgan fingerprint density at radius 2 is 1.76 bits per heavy atom. The van der Waals surface area contributed by atoms with Crippen LogP contribution in [0.2, 0.25) is 0 Å². The van der Waals surface area contributed by atoms with E-state index in [1.807, 2.05) is 0 Å². The highest BCUT2D eigenvalue weighted by Gasteiger charge is 2.37. The predicted molar refractivity (Wildman–Crippen MR) is 146 cm³/mol. The molecule has 2 N–H and O–H groups in total. The third kappa shape index (κ3) is 7.56. The van der Waals surface area contributed by atoms with Crippen LogP contribution in [0.3, 0.4) is 0 Å². The molecule has 2 heterocycles. The van der Waals surface area contributed by atoms with E-state index in [0.29, 0.717) is 37.8 Å². The molecule has 0 radical (unpaired) electrons. The summed E-state index contributed by atoms with van der Waals surface area (Å²) >= 11 is 1.52. The van der Waals surface area contributed by atoms with Crippen LogP contribution >= 0.6 is 11.8 Å².